The Balaban J connectivity index is 1.47. The van der Waals surface area contributed by atoms with Gasteiger partial charge in [-0.25, -0.2) is 9.78 Å². The van der Waals surface area contributed by atoms with Gasteiger partial charge >= 0.3 is 6.03 Å². The number of primary amides is 1. The monoisotopic (exact) mass is 459 g/mol. The first-order valence-electron chi connectivity index (χ1n) is 11.7. The average Bonchev–Trinajstić information content (AvgIpc) is 3.31. The topological polar surface area (TPSA) is 118 Å². The third-order valence-electron chi connectivity index (χ3n) is 6.42. The Hall–Kier alpha value is -3.95. The lowest BCUT2D eigenvalue weighted by atomic mass is 10.1. The highest BCUT2D eigenvalue weighted by atomic mass is 16.2. The van der Waals surface area contributed by atoms with E-state index in [2.05, 4.69) is 46.3 Å². The summed E-state index contributed by atoms with van der Waals surface area (Å²) in [6.07, 6.45) is 4.64. The maximum Gasteiger partial charge on any atom is 0.314 e. The molecule has 2 amide bonds. The normalized spacial score (nSPS) is 15.1. The molecule has 0 spiro atoms. The van der Waals surface area contributed by atoms with Gasteiger partial charge in [0.1, 0.15) is 11.0 Å². The van der Waals surface area contributed by atoms with Crippen LogP contribution < -0.4 is 16.0 Å². The molecule has 10 nitrogen and oxygen atoms in total. The number of rotatable bonds is 6. The molecule has 0 radical (unpaired) electrons. The van der Waals surface area contributed by atoms with Gasteiger partial charge in [0, 0.05) is 50.3 Å². The molecular formula is C24H29N9O. The Morgan fingerprint density at radius 1 is 1.12 bits per heavy atom. The maximum absolute atomic E-state index is 11.5. The van der Waals surface area contributed by atoms with Crippen molar-refractivity contribution in [3.05, 3.63) is 48.3 Å². The highest BCUT2D eigenvalue weighted by molar-refractivity contribution is 5.87. The first-order valence-corrected chi connectivity index (χ1v) is 11.7. The first-order chi connectivity index (χ1) is 16.5. The van der Waals surface area contributed by atoms with Crippen LogP contribution in [0, 0.1) is 0 Å². The van der Waals surface area contributed by atoms with Crippen molar-refractivity contribution >= 4 is 39.7 Å². The van der Waals surface area contributed by atoms with E-state index in [-0.39, 0.29) is 6.04 Å². The SMILES string of the molecule is CCC(C)n1ncc2nc(N3CCN(C(N)=O)CC3)nc(NCc3cnc4ccccc4c3)c21. The van der Waals surface area contributed by atoms with Crippen LogP contribution in [0.4, 0.5) is 16.6 Å². The van der Waals surface area contributed by atoms with Crippen LogP contribution in [0.2, 0.25) is 0 Å². The molecule has 1 fully saturated rings. The fourth-order valence-electron chi connectivity index (χ4n) is 4.25. The number of aromatic nitrogens is 5. The van der Waals surface area contributed by atoms with Gasteiger partial charge < -0.3 is 20.9 Å². The summed E-state index contributed by atoms with van der Waals surface area (Å²) in [6.45, 7) is 7.21. The van der Waals surface area contributed by atoms with E-state index in [0.29, 0.717) is 38.7 Å². The molecular weight excluding hydrogens is 430 g/mol. The number of benzene rings is 1. The van der Waals surface area contributed by atoms with Crippen LogP contribution in [0.3, 0.4) is 0 Å². The number of amides is 2. The molecule has 1 saturated heterocycles. The number of pyridine rings is 1. The molecule has 1 aromatic carbocycles. The number of urea groups is 1. The van der Waals surface area contributed by atoms with E-state index in [1.54, 1.807) is 11.1 Å². The lowest BCUT2D eigenvalue weighted by Crippen LogP contribution is -2.51. The summed E-state index contributed by atoms with van der Waals surface area (Å²) in [5, 5.41) is 9.24. The molecule has 1 aliphatic rings. The molecule has 0 saturated carbocycles. The average molecular weight is 460 g/mol. The van der Waals surface area contributed by atoms with Crippen molar-refractivity contribution < 1.29 is 4.79 Å². The zero-order valence-electron chi connectivity index (χ0n) is 19.5. The molecule has 0 aliphatic carbocycles. The number of anilines is 2. The number of hydrogen-bond acceptors (Lipinski definition) is 7. The van der Waals surface area contributed by atoms with E-state index < -0.39 is 6.03 Å². The molecule has 4 aromatic rings. The highest BCUT2D eigenvalue weighted by Crippen LogP contribution is 2.28. The van der Waals surface area contributed by atoms with E-state index in [0.717, 1.165) is 39.7 Å². The fourth-order valence-corrected chi connectivity index (χ4v) is 4.25. The Morgan fingerprint density at radius 3 is 2.68 bits per heavy atom. The van der Waals surface area contributed by atoms with Crippen molar-refractivity contribution in [1.29, 1.82) is 0 Å². The number of nitrogens with one attached hydrogen (secondary N) is 1. The van der Waals surface area contributed by atoms with Crippen LogP contribution in [-0.2, 0) is 6.54 Å². The third kappa shape index (κ3) is 4.18. The Bertz CT molecular complexity index is 1330. The van der Waals surface area contributed by atoms with Gasteiger partial charge in [-0.15, -0.1) is 0 Å². The van der Waals surface area contributed by atoms with E-state index in [9.17, 15) is 4.79 Å². The van der Waals surface area contributed by atoms with E-state index in [1.807, 2.05) is 29.1 Å². The van der Waals surface area contributed by atoms with E-state index in [1.165, 1.54) is 0 Å². The molecule has 0 bridgehead atoms. The molecule has 34 heavy (non-hydrogen) atoms. The zero-order chi connectivity index (χ0) is 23.7. The summed E-state index contributed by atoms with van der Waals surface area (Å²) >= 11 is 0. The lowest BCUT2D eigenvalue weighted by molar-refractivity contribution is 0.204. The Labute approximate surface area is 197 Å². The summed E-state index contributed by atoms with van der Waals surface area (Å²) in [6, 6.07) is 10.1. The van der Waals surface area contributed by atoms with Crippen molar-refractivity contribution in [3.8, 4) is 0 Å². The predicted molar refractivity (Wildman–Crippen MR) is 133 cm³/mol. The fraction of sp³-hybridized carbons (Fsp3) is 0.375. The smallest absolute Gasteiger partial charge is 0.314 e. The molecule has 1 atom stereocenters. The second-order valence-electron chi connectivity index (χ2n) is 8.65. The second-order valence-corrected chi connectivity index (χ2v) is 8.65. The van der Waals surface area contributed by atoms with Crippen LogP contribution in [0.25, 0.3) is 21.9 Å². The number of carbonyl (C=O) groups is 1. The summed E-state index contributed by atoms with van der Waals surface area (Å²) in [5.41, 5.74) is 9.16. The van der Waals surface area contributed by atoms with Crippen molar-refractivity contribution in [2.45, 2.75) is 32.9 Å². The van der Waals surface area contributed by atoms with Gasteiger partial charge in [0.25, 0.3) is 0 Å². The minimum Gasteiger partial charge on any atom is -0.364 e. The van der Waals surface area contributed by atoms with E-state index >= 15 is 0 Å². The number of carbonyl (C=O) groups excluding carboxylic acids is 1. The van der Waals surface area contributed by atoms with Crippen molar-refractivity contribution in [2.24, 2.45) is 5.73 Å². The Kier molecular flexibility index (Phi) is 5.87. The second kappa shape index (κ2) is 9.12. The minimum absolute atomic E-state index is 0.217. The molecule has 5 rings (SSSR count). The number of nitrogens with two attached hydrogens (primary N) is 1. The van der Waals surface area contributed by atoms with Crippen molar-refractivity contribution in [3.63, 3.8) is 0 Å². The molecule has 3 aromatic heterocycles. The Morgan fingerprint density at radius 2 is 1.91 bits per heavy atom. The quantitative estimate of drug-likeness (QED) is 0.455. The third-order valence-corrected chi connectivity index (χ3v) is 6.42. The van der Waals surface area contributed by atoms with Crippen molar-refractivity contribution in [1.82, 2.24) is 29.6 Å². The molecule has 176 valence electrons. The molecule has 1 unspecified atom stereocenters. The lowest BCUT2D eigenvalue weighted by Gasteiger charge is -2.33. The summed E-state index contributed by atoms with van der Waals surface area (Å²) in [7, 11) is 0. The van der Waals surface area contributed by atoms with Crippen LogP contribution in [0.5, 0.6) is 0 Å². The standard InChI is InChI=1S/C24H29N9O/c1-3-16(2)33-21-20(15-28-33)29-24(32-10-8-31(9-11-32)23(25)34)30-22(21)27-14-17-12-18-6-4-5-7-19(18)26-13-17/h4-7,12-13,15-16H,3,8-11,14H2,1-2H3,(H2,25,34)(H,27,29,30). The summed E-state index contributed by atoms with van der Waals surface area (Å²) in [5.74, 6) is 1.36. The number of piperazine rings is 1. The summed E-state index contributed by atoms with van der Waals surface area (Å²) < 4.78 is 1.99. The van der Waals surface area contributed by atoms with Gasteiger partial charge in [0.2, 0.25) is 5.95 Å². The van der Waals surface area contributed by atoms with Crippen LogP contribution in [0.15, 0.2) is 42.7 Å². The van der Waals surface area contributed by atoms with Gasteiger partial charge in [-0.05, 0) is 31.0 Å². The van der Waals surface area contributed by atoms with Crippen LogP contribution in [-0.4, -0.2) is 61.8 Å². The van der Waals surface area contributed by atoms with Crippen LogP contribution >= 0.6 is 0 Å². The largest absolute Gasteiger partial charge is 0.364 e. The number of hydrogen-bond donors (Lipinski definition) is 2. The van der Waals surface area contributed by atoms with Crippen LogP contribution in [0.1, 0.15) is 31.9 Å². The van der Waals surface area contributed by atoms with Gasteiger partial charge in [-0.3, -0.25) is 9.67 Å². The van der Waals surface area contributed by atoms with E-state index in [4.69, 9.17) is 15.7 Å². The first kappa shape index (κ1) is 21.9. The van der Waals surface area contributed by atoms with Gasteiger partial charge in [0.15, 0.2) is 5.82 Å². The number of nitrogens with zero attached hydrogens (tertiary/aromatic N) is 7. The predicted octanol–water partition coefficient (Wildman–Crippen LogP) is 3.16. The molecule has 1 aliphatic heterocycles. The zero-order valence-corrected chi connectivity index (χ0v) is 19.5. The number of para-hydroxylation sites is 1. The minimum atomic E-state index is -0.391. The van der Waals surface area contributed by atoms with Gasteiger partial charge in [-0.1, -0.05) is 25.1 Å². The van der Waals surface area contributed by atoms with Crippen molar-refractivity contribution in [2.75, 3.05) is 36.4 Å². The molecule has 3 N–H and O–H groups in total. The molecule has 10 heteroatoms. The van der Waals surface area contributed by atoms with Gasteiger partial charge in [0.05, 0.1) is 11.7 Å². The highest BCUT2D eigenvalue weighted by Gasteiger charge is 2.23. The molecule has 4 heterocycles. The summed E-state index contributed by atoms with van der Waals surface area (Å²) in [4.78, 5) is 29.5. The van der Waals surface area contributed by atoms with Gasteiger partial charge in [-0.2, -0.15) is 10.1 Å². The number of fused-ring (bicyclic) bond motifs is 2. The maximum atomic E-state index is 11.5.